The largest absolute Gasteiger partial charge is 0.357 e. The Morgan fingerprint density at radius 1 is 1.39 bits per heavy atom. The van der Waals surface area contributed by atoms with Gasteiger partial charge >= 0.3 is 0 Å². The molecular weight excluding hydrogens is 290 g/mol. The van der Waals surface area contributed by atoms with E-state index in [1.54, 1.807) is 0 Å². The SMILES string of the molecule is CCNC(=NCc1nnc(C)n1C)N(C)CC1CCCN1CC. The molecule has 1 aliphatic heterocycles. The molecule has 1 unspecified atom stereocenters. The molecule has 1 aromatic rings. The third kappa shape index (κ3) is 4.43. The van der Waals surface area contributed by atoms with Gasteiger partial charge in [-0.25, -0.2) is 4.99 Å². The number of rotatable bonds is 6. The van der Waals surface area contributed by atoms with Crippen molar-refractivity contribution in [2.45, 2.75) is 46.2 Å². The van der Waals surface area contributed by atoms with E-state index in [1.807, 2.05) is 18.5 Å². The fourth-order valence-electron chi connectivity index (χ4n) is 3.12. The number of likely N-dealkylation sites (tertiary alicyclic amines) is 1. The Kier molecular flexibility index (Phi) is 6.38. The molecule has 0 aromatic carbocycles. The number of guanidine groups is 1. The van der Waals surface area contributed by atoms with Crippen molar-refractivity contribution in [3.8, 4) is 0 Å². The van der Waals surface area contributed by atoms with E-state index in [9.17, 15) is 0 Å². The van der Waals surface area contributed by atoms with E-state index < -0.39 is 0 Å². The monoisotopic (exact) mass is 321 g/mol. The minimum atomic E-state index is 0.548. The average molecular weight is 321 g/mol. The van der Waals surface area contributed by atoms with E-state index in [0.29, 0.717) is 12.6 Å². The summed E-state index contributed by atoms with van der Waals surface area (Å²) in [5, 5.41) is 11.7. The molecule has 7 nitrogen and oxygen atoms in total. The Balaban J connectivity index is 2.01. The van der Waals surface area contributed by atoms with Crippen LogP contribution in [0.3, 0.4) is 0 Å². The van der Waals surface area contributed by atoms with Crippen LogP contribution in [0, 0.1) is 6.92 Å². The van der Waals surface area contributed by atoms with Crippen molar-refractivity contribution in [2.24, 2.45) is 12.0 Å². The zero-order valence-electron chi connectivity index (χ0n) is 15.2. The molecule has 1 atom stereocenters. The van der Waals surface area contributed by atoms with E-state index in [4.69, 9.17) is 4.99 Å². The molecule has 1 N–H and O–H groups in total. The van der Waals surface area contributed by atoms with Crippen LogP contribution in [-0.2, 0) is 13.6 Å². The van der Waals surface area contributed by atoms with Gasteiger partial charge in [-0.1, -0.05) is 6.92 Å². The van der Waals surface area contributed by atoms with Crippen molar-refractivity contribution in [1.29, 1.82) is 0 Å². The molecule has 0 amide bonds. The van der Waals surface area contributed by atoms with E-state index >= 15 is 0 Å². The quantitative estimate of drug-likeness (QED) is 0.626. The van der Waals surface area contributed by atoms with Crippen LogP contribution >= 0.6 is 0 Å². The van der Waals surface area contributed by atoms with Crippen LogP contribution in [0.2, 0.25) is 0 Å². The summed E-state index contributed by atoms with van der Waals surface area (Å²) in [6, 6.07) is 0.630. The Labute approximate surface area is 139 Å². The summed E-state index contributed by atoms with van der Waals surface area (Å²) in [6.45, 7) is 11.1. The van der Waals surface area contributed by atoms with Crippen LogP contribution in [0.4, 0.5) is 0 Å². The van der Waals surface area contributed by atoms with E-state index in [0.717, 1.165) is 37.2 Å². The van der Waals surface area contributed by atoms with Crippen LogP contribution < -0.4 is 5.32 Å². The Bertz CT molecular complexity index is 522. The van der Waals surface area contributed by atoms with Crippen LogP contribution in [-0.4, -0.2) is 69.8 Å². The topological polar surface area (TPSA) is 61.6 Å². The number of aryl methyl sites for hydroxylation is 1. The number of aliphatic imine (C=N–C) groups is 1. The van der Waals surface area contributed by atoms with Gasteiger partial charge in [-0.2, -0.15) is 0 Å². The van der Waals surface area contributed by atoms with Gasteiger partial charge in [-0.3, -0.25) is 4.90 Å². The lowest BCUT2D eigenvalue weighted by atomic mass is 10.2. The minimum Gasteiger partial charge on any atom is -0.357 e. The first-order valence-corrected chi connectivity index (χ1v) is 8.65. The summed E-state index contributed by atoms with van der Waals surface area (Å²) < 4.78 is 1.99. The van der Waals surface area contributed by atoms with E-state index in [-0.39, 0.29) is 0 Å². The van der Waals surface area contributed by atoms with E-state index in [1.165, 1.54) is 19.4 Å². The lowest BCUT2D eigenvalue weighted by molar-refractivity contribution is 0.232. The minimum absolute atomic E-state index is 0.548. The summed E-state index contributed by atoms with van der Waals surface area (Å²) in [4.78, 5) is 9.54. The maximum absolute atomic E-state index is 4.74. The first kappa shape index (κ1) is 17.7. The summed E-state index contributed by atoms with van der Waals surface area (Å²) in [7, 11) is 4.10. The molecule has 23 heavy (non-hydrogen) atoms. The molecule has 2 rings (SSSR count). The molecule has 1 aromatic heterocycles. The summed E-state index contributed by atoms with van der Waals surface area (Å²) in [6.07, 6.45) is 2.58. The first-order chi connectivity index (χ1) is 11.1. The van der Waals surface area contributed by atoms with Gasteiger partial charge in [-0.15, -0.1) is 10.2 Å². The third-order valence-corrected chi connectivity index (χ3v) is 4.64. The van der Waals surface area contributed by atoms with Gasteiger partial charge in [0.2, 0.25) is 0 Å². The lowest BCUT2D eigenvalue weighted by Gasteiger charge is -2.29. The van der Waals surface area contributed by atoms with Gasteiger partial charge in [0.05, 0.1) is 0 Å². The molecule has 1 aliphatic rings. The molecule has 0 saturated carbocycles. The second-order valence-electron chi connectivity index (χ2n) is 6.20. The molecule has 2 heterocycles. The number of likely N-dealkylation sites (N-methyl/N-ethyl adjacent to an activating group) is 2. The molecule has 0 aliphatic carbocycles. The number of hydrogen-bond acceptors (Lipinski definition) is 4. The highest BCUT2D eigenvalue weighted by molar-refractivity contribution is 5.79. The van der Waals surface area contributed by atoms with Crippen LogP contribution in [0.25, 0.3) is 0 Å². The summed E-state index contributed by atoms with van der Waals surface area (Å²) in [5.74, 6) is 2.75. The maximum atomic E-state index is 4.74. The predicted octanol–water partition coefficient (Wildman–Crippen LogP) is 1.01. The number of aromatic nitrogens is 3. The van der Waals surface area contributed by atoms with Crippen molar-refractivity contribution in [1.82, 2.24) is 29.9 Å². The highest BCUT2D eigenvalue weighted by Gasteiger charge is 2.24. The predicted molar refractivity (Wildman–Crippen MR) is 93.5 cm³/mol. The summed E-state index contributed by atoms with van der Waals surface area (Å²) in [5.41, 5.74) is 0. The second-order valence-corrected chi connectivity index (χ2v) is 6.20. The number of nitrogens with one attached hydrogen (secondary N) is 1. The van der Waals surface area contributed by atoms with E-state index in [2.05, 4.69) is 46.2 Å². The standard InChI is InChI=1S/C16H31N7/c1-6-17-16(18-11-15-20-19-13(3)22(15)5)21(4)12-14-9-8-10-23(14)7-2/h14H,6-12H2,1-5H3,(H,17,18). The number of hydrogen-bond donors (Lipinski definition) is 1. The van der Waals surface area contributed by atoms with Crippen molar-refractivity contribution in [2.75, 3.05) is 33.2 Å². The molecule has 0 bridgehead atoms. The zero-order valence-corrected chi connectivity index (χ0v) is 15.2. The van der Waals surface area contributed by atoms with Gasteiger partial charge in [-0.05, 0) is 39.8 Å². The van der Waals surface area contributed by atoms with Gasteiger partial charge in [0.25, 0.3) is 0 Å². The van der Waals surface area contributed by atoms with Crippen LogP contribution in [0.5, 0.6) is 0 Å². The van der Waals surface area contributed by atoms with Gasteiger partial charge in [0, 0.05) is 33.2 Å². The fraction of sp³-hybridized carbons (Fsp3) is 0.812. The van der Waals surface area contributed by atoms with Gasteiger partial charge in [0.1, 0.15) is 12.4 Å². The molecule has 0 spiro atoms. The molecule has 0 radical (unpaired) electrons. The van der Waals surface area contributed by atoms with Gasteiger partial charge < -0.3 is 14.8 Å². The molecule has 1 saturated heterocycles. The molecular formula is C16H31N7. The molecule has 1 fully saturated rings. The smallest absolute Gasteiger partial charge is 0.194 e. The van der Waals surface area contributed by atoms with Gasteiger partial charge in [0.15, 0.2) is 11.8 Å². The fourth-order valence-corrected chi connectivity index (χ4v) is 3.12. The normalized spacial score (nSPS) is 19.3. The number of nitrogens with zero attached hydrogens (tertiary/aromatic N) is 6. The molecule has 7 heteroatoms. The highest BCUT2D eigenvalue weighted by Crippen LogP contribution is 2.17. The van der Waals surface area contributed by atoms with Crippen molar-refractivity contribution in [3.05, 3.63) is 11.6 Å². The Hall–Kier alpha value is -1.63. The average Bonchev–Trinajstić information content (AvgIpc) is 3.11. The highest BCUT2D eigenvalue weighted by atomic mass is 15.3. The van der Waals surface area contributed by atoms with Crippen LogP contribution in [0.15, 0.2) is 4.99 Å². The summed E-state index contributed by atoms with van der Waals surface area (Å²) >= 11 is 0. The zero-order chi connectivity index (χ0) is 16.8. The van der Waals surface area contributed by atoms with Crippen LogP contribution in [0.1, 0.15) is 38.3 Å². The lowest BCUT2D eigenvalue weighted by Crippen LogP contribution is -2.46. The Morgan fingerprint density at radius 3 is 2.78 bits per heavy atom. The first-order valence-electron chi connectivity index (χ1n) is 8.65. The third-order valence-electron chi connectivity index (χ3n) is 4.64. The second kappa shape index (κ2) is 8.29. The Morgan fingerprint density at radius 2 is 2.17 bits per heavy atom. The maximum Gasteiger partial charge on any atom is 0.194 e. The molecule has 130 valence electrons. The van der Waals surface area contributed by atoms with Crippen molar-refractivity contribution in [3.63, 3.8) is 0 Å². The van der Waals surface area contributed by atoms with Crippen molar-refractivity contribution >= 4 is 5.96 Å². The van der Waals surface area contributed by atoms with Crippen molar-refractivity contribution < 1.29 is 0 Å².